The van der Waals surface area contributed by atoms with E-state index in [0.29, 0.717) is 0 Å². The molecular formula is C16H35N3. The van der Waals surface area contributed by atoms with Crippen molar-refractivity contribution in [1.29, 1.82) is 0 Å². The van der Waals surface area contributed by atoms with Crippen molar-refractivity contribution in [3.8, 4) is 0 Å². The van der Waals surface area contributed by atoms with Gasteiger partial charge < -0.3 is 15.1 Å². The number of hydrogen-bond donors (Lipinski definition) is 1. The van der Waals surface area contributed by atoms with Crippen molar-refractivity contribution in [3.05, 3.63) is 0 Å². The van der Waals surface area contributed by atoms with Crippen molar-refractivity contribution in [3.63, 3.8) is 0 Å². The zero-order valence-corrected chi connectivity index (χ0v) is 13.8. The summed E-state index contributed by atoms with van der Waals surface area (Å²) in [5, 5.41) is 3.57. The molecule has 114 valence electrons. The molecule has 1 saturated heterocycles. The van der Waals surface area contributed by atoms with Gasteiger partial charge in [-0.05, 0) is 70.9 Å². The maximum absolute atomic E-state index is 3.57. The molecule has 0 saturated carbocycles. The molecule has 1 fully saturated rings. The van der Waals surface area contributed by atoms with Crippen LogP contribution in [0.2, 0.25) is 0 Å². The summed E-state index contributed by atoms with van der Waals surface area (Å²) in [7, 11) is 4.53. The van der Waals surface area contributed by atoms with E-state index in [2.05, 4.69) is 50.0 Å². The average molecular weight is 269 g/mol. The number of rotatable bonds is 8. The molecule has 3 nitrogen and oxygen atoms in total. The molecule has 0 bridgehead atoms. The summed E-state index contributed by atoms with van der Waals surface area (Å²) in [5.74, 6) is 2.41. The lowest BCUT2D eigenvalue weighted by atomic mass is 9.96. The molecule has 19 heavy (non-hydrogen) atoms. The Morgan fingerprint density at radius 1 is 1.16 bits per heavy atom. The van der Waals surface area contributed by atoms with E-state index < -0.39 is 0 Å². The number of hydrogen-bond acceptors (Lipinski definition) is 3. The first-order chi connectivity index (χ1) is 8.97. The highest BCUT2D eigenvalue weighted by Crippen LogP contribution is 2.17. The van der Waals surface area contributed by atoms with Crippen molar-refractivity contribution >= 4 is 0 Å². The van der Waals surface area contributed by atoms with Crippen LogP contribution in [0.15, 0.2) is 0 Å². The van der Waals surface area contributed by atoms with Gasteiger partial charge in [0, 0.05) is 13.1 Å². The van der Waals surface area contributed by atoms with E-state index in [1.54, 1.807) is 0 Å². The molecule has 0 aromatic carbocycles. The van der Waals surface area contributed by atoms with Crippen molar-refractivity contribution in [2.45, 2.75) is 33.6 Å². The second kappa shape index (κ2) is 8.93. The van der Waals surface area contributed by atoms with Crippen molar-refractivity contribution < 1.29 is 0 Å². The monoisotopic (exact) mass is 269 g/mol. The van der Waals surface area contributed by atoms with E-state index in [1.807, 2.05) is 0 Å². The van der Waals surface area contributed by atoms with Crippen LogP contribution in [0.5, 0.6) is 0 Å². The van der Waals surface area contributed by atoms with Crippen LogP contribution in [-0.2, 0) is 0 Å². The van der Waals surface area contributed by atoms with Gasteiger partial charge in [0.05, 0.1) is 0 Å². The molecule has 1 aliphatic heterocycles. The molecule has 0 aliphatic carbocycles. The van der Waals surface area contributed by atoms with Crippen molar-refractivity contribution in [1.82, 2.24) is 15.1 Å². The molecule has 0 radical (unpaired) electrons. The van der Waals surface area contributed by atoms with Crippen LogP contribution >= 0.6 is 0 Å². The van der Waals surface area contributed by atoms with Crippen LogP contribution in [-0.4, -0.2) is 63.2 Å². The maximum Gasteiger partial charge on any atom is 0.00162 e. The summed E-state index contributed by atoms with van der Waals surface area (Å²) in [5.41, 5.74) is 0. The summed E-state index contributed by atoms with van der Waals surface area (Å²) < 4.78 is 0. The molecule has 1 aliphatic rings. The molecular weight excluding hydrogens is 234 g/mol. The van der Waals surface area contributed by atoms with Crippen LogP contribution in [0, 0.1) is 17.8 Å². The van der Waals surface area contributed by atoms with E-state index in [-0.39, 0.29) is 0 Å². The zero-order valence-electron chi connectivity index (χ0n) is 13.8. The Morgan fingerprint density at radius 3 is 2.37 bits per heavy atom. The fourth-order valence-electron chi connectivity index (χ4n) is 2.97. The summed E-state index contributed by atoms with van der Waals surface area (Å²) in [6.07, 6.45) is 2.75. The number of likely N-dealkylation sites (tertiary alicyclic amines) is 1. The molecule has 1 unspecified atom stereocenters. The van der Waals surface area contributed by atoms with Gasteiger partial charge >= 0.3 is 0 Å². The molecule has 1 atom stereocenters. The molecule has 0 spiro atoms. The Morgan fingerprint density at radius 2 is 1.79 bits per heavy atom. The number of nitrogens with one attached hydrogen (secondary N) is 1. The fraction of sp³-hybridized carbons (Fsp3) is 1.00. The lowest BCUT2D eigenvalue weighted by Gasteiger charge is -2.32. The Balaban J connectivity index is 2.10. The Hall–Kier alpha value is -0.120. The van der Waals surface area contributed by atoms with Gasteiger partial charge in [-0.3, -0.25) is 0 Å². The largest absolute Gasteiger partial charge is 0.316 e. The zero-order chi connectivity index (χ0) is 14.3. The van der Waals surface area contributed by atoms with Crippen LogP contribution in [0.1, 0.15) is 33.6 Å². The van der Waals surface area contributed by atoms with Crippen LogP contribution in [0.4, 0.5) is 0 Å². The first-order valence-corrected chi connectivity index (χ1v) is 8.05. The molecule has 1 rings (SSSR count). The van der Waals surface area contributed by atoms with Gasteiger partial charge in [-0.1, -0.05) is 20.8 Å². The normalized spacial score (nSPS) is 20.4. The number of piperidine rings is 1. The van der Waals surface area contributed by atoms with Crippen LogP contribution in [0.3, 0.4) is 0 Å². The highest BCUT2D eigenvalue weighted by Gasteiger charge is 2.18. The summed E-state index contributed by atoms with van der Waals surface area (Å²) in [4.78, 5) is 4.99. The SMILES string of the molecule is CC(C)CNCC(C)CN(C)CC1CCN(C)CC1. The minimum atomic E-state index is 0.745. The van der Waals surface area contributed by atoms with Gasteiger partial charge in [0.2, 0.25) is 0 Å². The minimum absolute atomic E-state index is 0.745. The highest BCUT2D eigenvalue weighted by atomic mass is 15.1. The highest BCUT2D eigenvalue weighted by molar-refractivity contribution is 4.73. The first-order valence-electron chi connectivity index (χ1n) is 8.05. The predicted molar refractivity (Wildman–Crippen MR) is 84.6 cm³/mol. The molecule has 0 amide bonds. The second-order valence-electron chi connectivity index (χ2n) is 7.13. The summed E-state index contributed by atoms with van der Waals surface area (Å²) >= 11 is 0. The van der Waals surface area contributed by atoms with Gasteiger partial charge in [0.25, 0.3) is 0 Å². The lowest BCUT2D eigenvalue weighted by Crippen LogP contribution is -2.38. The molecule has 1 N–H and O–H groups in total. The van der Waals surface area contributed by atoms with E-state index in [9.17, 15) is 0 Å². The third kappa shape index (κ3) is 7.91. The van der Waals surface area contributed by atoms with E-state index in [4.69, 9.17) is 0 Å². The van der Waals surface area contributed by atoms with Gasteiger partial charge in [0.15, 0.2) is 0 Å². The smallest absolute Gasteiger partial charge is 0.00162 e. The minimum Gasteiger partial charge on any atom is -0.316 e. The Kier molecular flexibility index (Phi) is 7.96. The second-order valence-corrected chi connectivity index (χ2v) is 7.13. The number of nitrogens with zero attached hydrogens (tertiary/aromatic N) is 2. The van der Waals surface area contributed by atoms with E-state index in [0.717, 1.165) is 30.8 Å². The molecule has 0 aromatic rings. The lowest BCUT2D eigenvalue weighted by molar-refractivity contribution is 0.166. The molecule has 3 heteroatoms. The maximum atomic E-state index is 3.57. The molecule has 0 aromatic heterocycles. The van der Waals surface area contributed by atoms with Gasteiger partial charge in [-0.2, -0.15) is 0 Å². The van der Waals surface area contributed by atoms with Gasteiger partial charge in [-0.25, -0.2) is 0 Å². The Labute approximate surface area is 120 Å². The predicted octanol–water partition coefficient (Wildman–Crippen LogP) is 2.14. The molecule has 1 heterocycles. The van der Waals surface area contributed by atoms with Crippen LogP contribution in [0.25, 0.3) is 0 Å². The average Bonchev–Trinajstić information content (AvgIpc) is 2.31. The fourth-order valence-corrected chi connectivity index (χ4v) is 2.97. The van der Waals surface area contributed by atoms with Crippen molar-refractivity contribution in [2.75, 3.05) is 53.4 Å². The summed E-state index contributed by atoms with van der Waals surface area (Å²) in [6.45, 7) is 14.2. The van der Waals surface area contributed by atoms with Crippen LogP contribution < -0.4 is 5.32 Å². The van der Waals surface area contributed by atoms with E-state index >= 15 is 0 Å². The standard InChI is InChI=1S/C16H35N3/c1-14(2)10-17-11-15(3)12-19(5)13-16-6-8-18(4)9-7-16/h14-17H,6-13H2,1-5H3. The van der Waals surface area contributed by atoms with Gasteiger partial charge in [-0.15, -0.1) is 0 Å². The third-order valence-electron chi connectivity index (χ3n) is 4.08. The quantitative estimate of drug-likeness (QED) is 0.728. The van der Waals surface area contributed by atoms with Gasteiger partial charge in [0.1, 0.15) is 0 Å². The Bertz CT molecular complexity index is 222. The first kappa shape index (κ1) is 16.9. The van der Waals surface area contributed by atoms with Crippen molar-refractivity contribution in [2.24, 2.45) is 17.8 Å². The third-order valence-corrected chi connectivity index (χ3v) is 4.08. The topological polar surface area (TPSA) is 18.5 Å². The van der Waals surface area contributed by atoms with E-state index in [1.165, 1.54) is 39.0 Å². The summed E-state index contributed by atoms with van der Waals surface area (Å²) in [6, 6.07) is 0.